The molecule has 0 bridgehead atoms. The van der Waals surface area contributed by atoms with E-state index in [2.05, 4.69) is 27.7 Å². The molecule has 0 radical (unpaired) electrons. The van der Waals surface area contributed by atoms with Crippen LogP contribution in [-0.4, -0.2) is 25.2 Å². The van der Waals surface area contributed by atoms with Crippen LogP contribution in [0.2, 0.25) is 0 Å². The third kappa shape index (κ3) is 3.00. The van der Waals surface area contributed by atoms with Gasteiger partial charge in [-0.3, -0.25) is 0 Å². The van der Waals surface area contributed by atoms with Crippen LogP contribution in [0.3, 0.4) is 0 Å². The lowest BCUT2D eigenvalue weighted by Crippen LogP contribution is -2.41. The van der Waals surface area contributed by atoms with Gasteiger partial charge in [0, 0.05) is 30.5 Å². The van der Waals surface area contributed by atoms with E-state index in [0.717, 1.165) is 31.6 Å². The Bertz CT molecular complexity index is 433. The zero-order valence-corrected chi connectivity index (χ0v) is 11.2. The molecule has 0 atom stereocenters. The minimum Gasteiger partial charge on any atom is -0.372 e. The molecule has 2 fully saturated rings. The number of urea groups is 1. The van der Waals surface area contributed by atoms with Gasteiger partial charge in [0.1, 0.15) is 0 Å². The van der Waals surface area contributed by atoms with Crippen molar-refractivity contribution >= 4 is 17.4 Å². The average molecular weight is 259 g/mol. The molecular weight excluding hydrogens is 238 g/mol. The van der Waals surface area contributed by atoms with Crippen molar-refractivity contribution < 1.29 is 4.79 Å². The molecule has 2 N–H and O–H groups in total. The second-order valence-electron chi connectivity index (χ2n) is 5.47. The molecule has 0 aromatic heterocycles. The van der Waals surface area contributed by atoms with Crippen molar-refractivity contribution in [1.29, 1.82) is 0 Å². The van der Waals surface area contributed by atoms with Crippen molar-refractivity contribution in [2.75, 3.05) is 23.3 Å². The highest BCUT2D eigenvalue weighted by molar-refractivity contribution is 5.89. The van der Waals surface area contributed by atoms with Crippen molar-refractivity contribution in [1.82, 2.24) is 5.32 Å². The quantitative estimate of drug-likeness (QED) is 0.876. The summed E-state index contributed by atoms with van der Waals surface area (Å²) in [6.45, 7) is 2.30. The second kappa shape index (κ2) is 5.51. The van der Waals surface area contributed by atoms with Gasteiger partial charge >= 0.3 is 6.03 Å². The Morgan fingerprint density at radius 2 is 1.74 bits per heavy atom. The fourth-order valence-corrected chi connectivity index (χ4v) is 2.64. The molecule has 19 heavy (non-hydrogen) atoms. The van der Waals surface area contributed by atoms with E-state index in [1.807, 2.05) is 12.1 Å². The van der Waals surface area contributed by atoms with E-state index in [0.29, 0.717) is 6.04 Å². The van der Waals surface area contributed by atoms with E-state index in [9.17, 15) is 4.79 Å². The highest BCUT2D eigenvalue weighted by atomic mass is 16.2. The van der Waals surface area contributed by atoms with Gasteiger partial charge in [0.15, 0.2) is 0 Å². The van der Waals surface area contributed by atoms with Crippen LogP contribution in [0, 0.1) is 0 Å². The lowest BCUT2D eigenvalue weighted by atomic mass is 9.93. The first kappa shape index (κ1) is 12.3. The van der Waals surface area contributed by atoms with Gasteiger partial charge in [0.25, 0.3) is 0 Å². The maximum Gasteiger partial charge on any atom is 0.319 e. The standard InChI is InChI=1S/C15H21N3O/c19-15(16-12-4-3-5-12)17-13-6-8-14(9-7-13)18-10-1-2-11-18/h6-9,12H,1-5,10-11H2,(H2,16,17,19). The Kier molecular flexibility index (Phi) is 3.58. The molecule has 1 aromatic carbocycles. The molecule has 1 heterocycles. The van der Waals surface area contributed by atoms with E-state index in [1.54, 1.807) is 0 Å². The van der Waals surface area contributed by atoms with E-state index in [4.69, 9.17) is 0 Å². The summed E-state index contributed by atoms with van der Waals surface area (Å²) >= 11 is 0. The number of carbonyl (C=O) groups is 1. The van der Waals surface area contributed by atoms with Gasteiger partial charge in [0.2, 0.25) is 0 Å². The fraction of sp³-hybridized carbons (Fsp3) is 0.533. The van der Waals surface area contributed by atoms with Crippen LogP contribution >= 0.6 is 0 Å². The summed E-state index contributed by atoms with van der Waals surface area (Å²) in [4.78, 5) is 14.1. The molecule has 1 aliphatic carbocycles. The Morgan fingerprint density at radius 1 is 1.05 bits per heavy atom. The third-order valence-corrected chi connectivity index (χ3v) is 4.04. The summed E-state index contributed by atoms with van der Waals surface area (Å²) in [7, 11) is 0. The Balaban J connectivity index is 1.54. The summed E-state index contributed by atoms with van der Waals surface area (Å²) < 4.78 is 0. The minimum atomic E-state index is -0.0846. The molecule has 1 saturated heterocycles. The van der Waals surface area contributed by atoms with Crippen molar-refractivity contribution in [3.63, 3.8) is 0 Å². The first-order valence-electron chi connectivity index (χ1n) is 7.24. The Hall–Kier alpha value is -1.71. The second-order valence-corrected chi connectivity index (χ2v) is 5.47. The summed E-state index contributed by atoms with van der Waals surface area (Å²) in [6, 6.07) is 8.43. The molecule has 1 saturated carbocycles. The highest BCUT2D eigenvalue weighted by Gasteiger charge is 2.19. The van der Waals surface area contributed by atoms with Crippen LogP contribution in [0.1, 0.15) is 32.1 Å². The monoisotopic (exact) mass is 259 g/mol. The number of rotatable bonds is 3. The van der Waals surface area contributed by atoms with Crippen LogP contribution in [0.5, 0.6) is 0 Å². The lowest BCUT2D eigenvalue weighted by Gasteiger charge is -2.26. The molecule has 2 amide bonds. The molecule has 3 rings (SSSR count). The van der Waals surface area contributed by atoms with E-state index in [1.165, 1.54) is 24.9 Å². The zero-order valence-electron chi connectivity index (χ0n) is 11.2. The summed E-state index contributed by atoms with van der Waals surface area (Å²) in [5, 5.41) is 5.86. The summed E-state index contributed by atoms with van der Waals surface area (Å²) in [5.74, 6) is 0. The number of nitrogens with zero attached hydrogens (tertiary/aromatic N) is 1. The molecule has 1 aliphatic heterocycles. The molecule has 102 valence electrons. The van der Waals surface area contributed by atoms with Crippen molar-refractivity contribution in [3.8, 4) is 0 Å². The van der Waals surface area contributed by atoms with Crippen molar-refractivity contribution in [2.24, 2.45) is 0 Å². The number of hydrogen-bond acceptors (Lipinski definition) is 2. The average Bonchev–Trinajstić information content (AvgIpc) is 2.89. The lowest BCUT2D eigenvalue weighted by molar-refractivity contribution is 0.240. The molecule has 4 heteroatoms. The fourth-order valence-electron chi connectivity index (χ4n) is 2.64. The van der Waals surface area contributed by atoms with E-state index in [-0.39, 0.29) is 6.03 Å². The Labute approximate surface area is 114 Å². The molecule has 4 nitrogen and oxygen atoms in total. The van der Waals surface area contributed by atoms with Gasteiger partial charge < -0.3 is 15.5 Å². The number of nitrogens with one attached hydrogen (secondary N) is 2. The molecule has 0 unspecified atom stereocenters. The van der Waals surface area contributed by atoms with Gasteiger partial charge in [-0.05, 0) is 56.4 Å². The van der Waals surface area contributed by atoms with Gasteiger partial charge in [0.05, 0.1) is 0 Å². The van der Waals surface area contributed by atoms with Gasteiger partial charge in [-0.25, -0.2) is 4.79 Å². The predicted octanol–water partition coefficient (Wildman–Crippen LogP) is 2.96. The van der Waals surface area contributed by atoms with E-state index >= 15 is 0 Å². The first-order chi connectivity index (χ1) is 9.31. The molecule has 2 aliphatic rings. The highest BCUT2D eigenvalue weighted by Crippen LogP contribution is 2.22. The summed E-state index contributed by atoms with van der Waals surface area (Å²) in [5.41, 5.74) is 2.11. The van der Waals surface area contributed by atoms with Crippen LogP contribution in [0.15, 0.2) is 24.3 Å². The summed E-state index contributed by atoms with van der Waals surface area (Å²) in [6.07, 6.45) is 6.02. The van der Waals surface area contributed by atoms with Crippen LogP contribution in [0.25, 0.3) is 0 Å². The third-order valence-electron chi connectivity index (χ3n) is 4.04. The number of carbonyl (C=O) groups excluding carboxylic acids is 1. The Morgan fingerprint density at radius 3 is 2.32 bits per heavy atom. The van der Waals surface area contributed by atoms with Crippen LogP contribution < -0.4 is 15.5 Å². The molecule has 0 spiro atoms. The zero-order chi connectivity index (χ0) is 13.1. The maximum atomic E-state index is 11.7. The molecule has 1 aromatic rings. The van der Waals surface area contributed by atoms with Crippen molar-refractivity contribution in [3.05, 3.63) is 24.3 Å². The van der Waals surface area contributed by atoms with Gasteiger partial charge in [-0.1, -0.05) is 0 Å². The normalized spacial score (nSPS) is 19.1. The van der Waals surface area contributed by atoms with Crippen molar-refractivity contribution in [2.45, 2.75) is 38.1 Å². The number of amides is 2. The largest absolute Gasteiger partial charge is 0.372 e. The number of anilines is 2. The smallest absolute Gasteiger partial charge is 0.319 e. The number of benzene rings is 1. The van der Waals surface area contributed by atoms with Crippen LogP contribution in [0.4, 0.5) is 16.2 Å². The predicted molar refractivity (Wildman–Crippen MR) is 77.7 cm³/mol. The van der Waals surface area contributed by atoms with Gasteiger partial charge in [-0.15, -0.1) is 0 Å². The van der Waals surface area contributed by atoms with Crippen LogP contribution in [-0.2, 0) is 0 Å². The topological polar surface area (TPSA) is 44.4 Å². The first-order valence-corrected chi connectivity index (χ1v) is 7.24. The van der Waals surface area contributed by atoms with Gasteiger partial charge in [-0.2, -0.15) is 0 Å². The minimum absolute atomic E-state index is 0.0846. The number of hydrogen-bond donors (Lipinski definition) is 2. The maximum absolute atomic E-state index is 11.7. The molecular formula is C15H21N3O. The van der Waals surface area contributed by atoms with E-state index < -0.39 is 0 Å². The SMILES string of the molecule is O=C(Nc1ccc(N2CCCC2)cc1)NC1CCC1.